The Morgan fingerprint density at radius 2 is 1.96 bits per heavy atom. The fraction of sp³-hybridized carbons (Fsp3) is 0.176. The van der Waals surface area contributed by atoms with Crippen molar-refractivity contribution in [3.05, 3.63) is 65.1 Å². The molecule has 1 aromatic carbocycles. The van der Waals surface area contributed by atoms with Gasteiger partial charge in [0.15, 0.2) is 11.5 Å². The van der Waals surface area contributed by atoms with E-state index in [2.05, 4.69) is 15.5 Å². The van der Waals surface area contributed by atoms with E-state index in [-0.39, 0.29) is 11.3 Å². The number of aromatic nitrogens is 4. The summed E-state index contributed by atoms with van der Waals surface area (Å²) in [6.45, 7) is 2.60. The summed E-state index contributed by atoms with van der Waals surface area (Å²) in [6, 6.07) is 9.64. The van der Waals surface area contributed by atoms with Crippen molar-refractivity contribution in [2.24, 2.45) is 7.05 Å². The molecule has 0 aliphatic carbocycles. The summed E-state index contributed by atoms with van der Waals surface area (Å²) in [6.07, 6.45) is 3.12. The number of nitrogens with zero attached hydrogens (tertiary/aromatic N) is 4. The summed E-state index contributed by atoms with van der Waals surface area (Å²) in [4.78, 5) is 23.5. The van der Waals surface area contributed by atoms with Crippen LogP contribution < -0.4 is 5.32 Å². The van der Waals surface area contributed by atoms with Crippen LogP contribution >= 0.6 is 0 Å². The molecule has 1 amide bonds. The number of rotatable bonds is 5. The van der Waals surface area contributed by atoms with Gasteiger partial charge >= 0.3 is 5.97 Å². The molecule has 2 heterocycles. The lowest BCUT2D eigenvalue weighted by Crippen LogP contribution is -2.16. The third-order valence-corrected chi connectivity index (χ3v) is 3.75. The minimum Gasteiger partial charge on any atom is -0.476 e. The minimum atomic E-state index is -1.25. The first-order valence-corrected chi connectivity index (χ1v) is 7.60. The topological polar surface area (TPSA) is 102 Å². The Balaban J connectivity index is 1.74. The van der Waals surface area contributed by atoms with Crippen molar-refractivity contribution < 1.29 is 14.7 Å². The van der Waals surface area contributed by atoms with E-state index in [1.807, 2.05) is 31.2 Å². The maximum atomic E-state index is 12.3. The zero-order valence-electron chi connectivity index (χ0n) is 13.8. The lowest BCUT2D eigenvalue weighted by atomic mass is 10.1. The number of carbonyl (C=O) groups excluding carboxylic acids is 1. The molecular weight excluding hydrogens is 322 g/mol. The molecule has 128 valence electrons. The van der Waals surface area contributed by atoms with Gasteiger partial charge in [0.1, 0.15) is 0 Å². The molecule has 0 radical (unpaired) electrons. The van der Waals surface area contributed by atoms with Crippen LogP contribution in [0, 0.1) is 6.92 Å². The van der Waals surface area contributed by atoms with E-state index in [0.29, 0.717) is 12.4 Å². The van der Waals surface area contributed by atoms with Crippen molar-refractivity contribution in [2.75, 3.05) is 5.32 Å². The maximum absolute atomic E-state index is 12.3. The second-order valence-corrected chi connectivity index (χ2v) is 5.65. The monoisotopic (exact) mass is 339 g/mol. The summed E-state index contributed by atoms with van der Waals surface area (Å²) in [5.74, 6) is -1.47. The van der Waals surface area contributed by atoms with Gasteiger partial charge in [0, 0.05) is 25.5 Å². The fourth-order valence-electron chi connectivity index (χ4n) is 2.47. The van der Waals surface area contributed by atoms with Crippen molar-refractivity contribution in [2.45, 2.75) is 13.5 Å². The molecule has 2 N–H and O–H groups in total. The van der Waals surface area contributed by atoms with Crippen LogP contribution in [0.25, 0.3) is 0 Å². The molecule has 0 spiro atoms. The highest BCUT2D eigenvalue weighted by Crippen LogP contribution is 2.13. The maximum Gasteiger partial charge on any atom is 0.357 e. The number of carboxylic acid groups (broad SMARTS) is 1. The van der Waals surface area contributed by atoms with E-state index >= 15 is 0 Å². The van der Waals surface area contributed by atoms with Crippen molar-refractivity contribution in [3.63, 3.8) is 0 Å². The quantitative estimate of drug-likeness (QED) is 0.739. The second-order valence-electron chi connectivity index (χ2n) is 5.65. The summed E-state index contributed by atoms with van der Waals surface area (Å²) in [7, 11) is 1.56. The molecule has 0 fully saturated rings. The largest absolute Gasteiger partial charge is 0.476 e. The average Bonchev–Trinajstić information content (AvgIpc) is 3.16. The van der Waals surface area contributed by atoms with Crippen LogP contribution in [-0.2, 0) is 13.6 Å². The van der Waals surface area contributed by atoms with Crippen LogP contribution in [0.4, 0.5) is 5.82 Å². The molecule has 0 bridgehead atoms. The normalized spacial score (nSPS) is 10.6. The number of aryl methyl sites for hydroxylation is 2. The highest BCUT2D eigenvalue weighted by Gasteiger charge is 2.21. The lowest BCUT2D eigenvalue weighted by molar-refractivity contribution is 0.0685. The fourth-order valence-corrected chi connectivity index (χ4v) is 2.47. The number of aromatic carboxylic acids is 1. The van der Waals surface area contributed by atoms with E-state index in [0.717, 1.165) is 11.1 Å². The molecule has 0 saturated carbocycles. The highest BCUT2D eigenvalue weighted by atomic mass is 16.4. The SMILES string of the molecule is Cc1ccccc1Cn1ccc(NC(=O)c2cn(C)nc2C(=O)O)n1. The van der Waals surface area contributed by atoms with Gasteiger partial charge in [-0.1, -0.05) is 24.3 Å². The molecule has 0 unspecified atom stereocenters. The zero-order chi connectivity index (χ0) is 18.0. The van der Waals surface area contributed by atoms with Crippen LogP contribution in [0.15, 0.2) is 42.7 Å². The van der Waals surface area contributed by atoms with Crippen LogP contribution in [0.3, 0.4) is 0 Å². The smallest absolute Gasteiger partial charge is 0.357 e. The Hall–Kier alpha value is -3.42. The van der Waals surface area contributed by atoms with Gasteiger partial charge in [-0.3, -0.25) is 14.2 Å². The Labute approximate surface area is 143 Å². The first-order chi connectivity index (χ1) is 11.9. The molecule has 8 heteroatoms. The summed E-state index contributed by atoms with van der Waals surface area (Å²) >= 11 is 0. The summed E-state index contributed by atoms with van der Waals surface area (Å²) < 4.78 is 2.99. The van der Waals surface area contributed by atoms with E-state index in [4.69, 9.17) is 5.11 Å². The van der Waals surface area contributed by atoms with Crippen LogP contribution in [0.2, 0.25) is 0 Å². The summed E-state index contributed by atoms with van der Waals surface area (Å²) in [5.41, 5.74) is 1.98. The van der Waals surface area contributed by atoms with E-state index in [9.17, 15) is 9.59 Å². The highest BCUT2D eigenvalue weighted by molar-refractivity contribution is 6.09. The minimum absolute atomic E-state index is 0.0107. The zero-order valence-corrected chi connectivity index (χ0v) is 13.8. The molecule has 8 nitrogen and oxygen atoms in total. The number of carboxylic acids is 1. The molecule has 0 aliphatic rings. The van der Waals surface area contributed by atoms with E-state index in [1.165, 1.54) is 10.9 Å². The van der Waals surface area contributed by atoms with Crippen molar-refractivity contribution in [1.82, 2.24) is 19.6 Å². The van der Waals surface area contributed by atoms with Gasteiger partial charge in [-0.15, -0.1) is 0 Å². The predicted molar refractivity (Wildman–Crippen MR) is 90.6 cm³/mol. The molecule has 0 saturated heterocycles. The third kappa shape index (κ3) is 3.57. The van der Waals surface area contributed by atoms with Crippen LogP contribution in [0.1, 0.15) is 32.0 Å². The molecule has 0 aliphatic heterocycles. The Kier molecular flexibility index (Phi) is 4.34. The van der Waals surface area contributed by atoms with Gasteiger partial charge < -0.3 is 10.4 Å². The standard InChI is InChI=1S/C17H17N5O3/c1-11-5-3-4-6-12(11)9-22-8-7-14(19-22)18-16(23)13-10-21(2)20-15(13)17(24)25/h3-8,10H,9H2,1-2H3,(H,24,25)(H,18,19,23). The molecular formula is C17H17N5O3. The number of hydrogen-bond acceptors (Lipinski definition) is 4. The van der Waals surface area contributed by atoms with E-state index in [1.54, 1.807) is 24.0 Å². The van der Waals surface area contributed by atoms with Crippen molar-refractivity contribution >= 4 is 17.7 Å². The van der Waals surface area contributed by atoms with Crippen molar-refractivity contribution in [1.29, 1.82) is 0 Å². The first-order valence-electron chi connectivity index (χ1n) is 7.60. The number of carbonyl (C=O) groups is 2. The van der Waals surface area contributed by atoms with Gasteiger partial charge in [0.2, 0.25) is 0 Å². The second kappa shape index (κ2) is 6.60. The van der Waals surface area contributed by atoms with E-state index < -0.39 is 11.9 Å². The average molecular weight is 339 g/mol. The predicted octanol–water partition coefficient (Wildman–Crippen LogP) is 1.92. The van der Waals surface area contributed by atoms with Gasteiger partial charge in [-0.25, -0.2) is 4.79 Å². The number of nitrogens with one attached hydrogen (secondary N) is 1. The molecule has 3 rings (SSSR count). The Morgan fingerprint density at radius 1 is 1.20 bits per heavy atom. The van der Waals surface area contributed by atoms with Crippen molar-refractivity contribution in [3.8, 4) is 0 Å². The summed E-state index contributed by atoms with van der Waals surface area (Å²) in [5, 5.41) is 19.8. The van der Waals surface area contributed by atoms with Gasteiger partial charge in [-0.05, 0) is 18.1 Å². The van der Waals surface area contributed by atoms with Gasteiger partial charge in [-0.2, -0.15) is 10.2 Å². The molecule has 2 aromatic heterocycles. The molecule has 0 atom stereocenters. The Morgan fingerprint density at radius 3 is 2.68 bits per heavy atom. The number of benzene rings is 1. The number of hydrogen-bond donors (Lipinski definition) is 2. The lowest BCUT2D eigenvalue weighted by Gasteiger charge is -2.05. The Bertz CT molecular complexity index is 941. The van der Waals surface area contributed by atoms with Crippen LogP contribution in [-0.4, -0.2) is 36.5 Å². The van der Waals surface area contributed by atoms with Gasteiger partial charge in [0.25, 0.3) is 5.91 Å². The third-order valence-electron chi connectivity index (χ3n) is 3.75. The molecule has 25 heavy (non-hydrogen) atoms. The number of anilines is 1. The molecule has 3 aromatic rings. The number of amides is 1. The van der Waals surface area contributed by atoms with Gasteiger partial charge in [0.05, 0.1) is 12.1 Å². The first kappa shape index (κ1) is 16.4. The van der Waals surface area contributed by atoms with Crippen LogP contribution in [0.5, 0.6) is 0 Å².